The molecule has 1 heterocycles. The highest BCUT2D eigenvalue weighted by atomic mass is 16.5. The monoisotopic (exact) mass is 408 g/mol. The molecule has 0 amide bonds. The first-order valence-electron chi connectivity index (χ1n) is 12.8. The molecule has 3 aromatic rings. The number of rotatable bonds is 7. The fraction of sp³-hybridized carbons (Fsp3) is 0.375. The van der Waals surface area contributed by atoms with Crippen LogP contribution in [0.3, 0.4) is 0 Å². The molecule has 1 aliphatic rings. The zero-order valence-corrected chi connectivity index (χ0v) is 17.0. The van der Waals surface area contributed by atoms with E-state index in [2.05, 4.69) is 20.3 Å². The van der Waals surface area contributed by atoms with E-state index in [-0.39, 0.29) is 41.1 Å². The van der Waals surface area contributed by atoms with E-state index in [1.807, 2.05) is 13.8 Å². The van der Waals surface area contributed by atoms with Gasteiger partial charge in [0.2, 0.25) is 11.5 Å². The zero-order valence-electron chi connectivity index (χ0n) is 23.0. The maximum Gasteiger partial charge on any atom is 0.256 e. The number of fused-ring (bicyclic) bond motifs is 1. The lowest BCUT2D eigenvalue weighted by molar-refractivity contribution is 0.244. The predicted octanol–water partition coefficient (Wildman–Crippen LogP) is 5.73. The second kappa shape index (κ2) is 8.68. The predicted molar refractivity (Wildman–Crippen MR) is 117 cm³/mol. The second-order valence-corrected chi connectivity index (χ2v) is 7.03. The Kier molecular flexibility index (Phi) is 4.03. The molecule has 30 heavy (non-hydrogen) atoms. The van der Waals surface area contributed by atoms with Gasteiger partial charge in [0, 0.05) is 25.4 Å². The summed E-state index contributed by atoms with van der Waals surface area (Å²) in [5.41, 5.74) is 1.37. The van der Waals surface area contributed by atoms with Gasteiger partial charge in [0.25, 0.3) is 5.89 Å². The summed E-state index contributed by atoms with van der Waals surface area (Å²) in [5, 5.41) is 6.68. The number of hydrogen-bond donors (Lipinski definition) is 1. The topological polar surface area (TPSA) is 64.5 Å². The van der Waals surface area contributed by atoms with Crippen molar-refractivity contribution in [1.29, 1.82) is 0 Å². The maximum atomic E-state index is 8.66. The molecule has 1 aliphatic carbocycles. The summed E-state index contributed by atoms with van der Waals surface area (Å²) in [6, 6.07) is 8.49. The van der Waals surface area contributed by atoms with Crippen LogP contribution in [0, 0.1) is 6.57 Å². The molecule has 1 N–H and O–H groups in total. The normalized spacial score (nSPS) is 22.0. The summed E-state index contributed by atoms with van der Waals surface area (Å²) >= 11 is 0. The molecule has 0 saturated carbocycles. The van der Waals surface area contributed by atoms with Gasteiger partial charge >= 0.3 is 0 Å². The molecule has 0 aliphatic heterocycles. The third-order valence-corrected chi connectivity index (χ3v) is 4.53. The molecule has 4 rings (SSSR count). The summed E-state index contributed by atoms with van der Waals surface area (Å²) in [6.45, 7) is 10.9. The van der Waals surface area contributed by atoms with Gasteiger partial charge in [-0.1, -0.05) is 30.3 Å². The molecular weight excluding hydrogens is 376 g/mol. The van der Waals surface area contributed by atoms with Crippen LogP contribution < -0.4 is 10.1 Å². The van der Waals surface area contributed by atoms with Crippen LogP contribution in [0.4, 0.5) is 5.69 Å². The number of nitrogens with zero attached hydrogens (tertiary/aromatic N) is 3. The van der Waals surface area contributed by atoms with E-state index in [9.17, 15) is 0 Å². The standard InChI is InChI=1S/C24H26N4O2/c1-5-13-26-20-11-10-17-18(20)7-6-8-19(17)23-27-24(30-28-23)16-9-12-22(29-15(2)3)21(14-16)25-4/h6-9,12,14-15,20,26H,5,10-11,13H2,1-3H3/t20-/m0/s1/i10D2,11D2,13D2. The van der Waals surface area contributed by atoms with Gasteiger partial charge in [0.1, 0.15) is 5.75 Å². The molecule has 154 valence electrons. The SMILES string of the molecule is [2H]C([2H])(CC)N[C@@H]1c2cccc(-c3noc(-c4ccc(OC(C)C)c([N+]#[C-])c4)n3)c2C([2H])([2H])C1([2H])[2H]. The van der Waals surface area contributed by atoms with Crippen molar-refractivity contribution in [3.63, 3.8) is 0 Å². The van der Waals surface area contributed by atoms with Crippen LogP contribution in [0.25, 0.3) is 27.7 Å². The fourth-order valence-corrected chi connectivity index (χ4v) is 3.22. The van der Waals surface area contributed by atoms with Crippen LogP contribution in [0.15, 0.2) is 40.9 Å². The minimum absolute atomic E-state index is 0.0503. The molecule has 1 aromatic heterocycles. The summed E-state index contributed by atoms with van der Waals surface area (Å²) in [6.07, 6.45) is -4.93. The molecule has 0 bridgehead atoms. The summed E-state index contributed by atoms with van der Waals surface area (Å²) in [4.78, 5) is 7.93. The van der Waals surface area contributed by atoms with Crippen molar-refractivity contribution < 1.29 is 17.5 Å². The largest absolute Gasteiger partial charge is 0.502 e. The van der Waals surface area contributed by atoms with Crippen LogP contribution in [0.2, 0.25) is 0 Å². The maximum absolute atomic E-state index is 8.66. The Morgan fingerprint density at radius 3 is 3.03 bits per heavy atom. The van der Waals surface area contributed by atoms with Crippen molar-refractivity contribution in [2.24, 2.45) is 0 Å². The molecule has 1 atom stereocenters. The van der Waals surface area contributed by atoms with Crippen LogP contribution in [-0.2, 0) is 6.37 Å². The molecular formula is C24H26N4O2. The van der Waals surface area contributed by atoms with E-state index in [1.54, 1.807) is 43.3 Å². The first kappa shape index (κ1) is 13.9. The van der Waals surface area contributed by atoms with E-state index >= 15 is 0 Å². The van der Waals surface area contributed by atoms with Crippen molar-refractivity contribution in [1.82, 2.24) is 15.5 Å². The second-order valence-electron chi connectivity index (χ2n) is 7.03. The molecule has 6 nitrogen and oxygen atoms in total. The third-order valence-electron chi connectivity index (χ3n) is 4.53. The Balaban J connectivity index is 1.77. The van der Waals surface area contributed by atoms with Crippen molar-refractivity contribution in [2.45, 2.75) is 52.1 Å². The van der Waals surface area contributed by atoms with Gasteiger partial charge in [-0.15, -0.1) is 0 Å². The summed E-state index contributed by atoms with van der Waals surface area (Å²) < 4.78 is 61.7. The lowest BCUT2D eigenvalue weighted by Crippen LogP contribution is -2.19. The fourth-order valence-electron chi connectivity index (χ4n) is 3.22. The minimum atomic E-state index is -2.46. The Morgan fingerprint density at radius 2 is 2.27 bits per heavy atom. The van der Waals surface area contributed by atoms with Gasteiger partial charge in [-0.3, -0.25) is 0 Å². The lowest BCUT2D eigenvalue weighted by Gasteiger charge is -2.13. The first-order valence-corrected chi connectivity index (χ1v) is 9.76. The molecule has 0 radical (unpaired) electrons. The lowest BCUT2D eigenvalue weighted by atomic mass is 10.0. The van der Waals surface area contributed by atoms with Crippen molar-refractivity contribution in [3.8, 4) is 28.6 Å². The van der Waals surface area contributed by atoms with Gasteiger partial charge in [-0.2, -0.15) is 4.98 Å². The Bertz CT molecular complexity index is 1330. The molecule has 0 spiro atoms. The van der Waals surface area contributed by atoms with Gasteiger partial charge in [-0.25, -0.2) is 4.85 Å². The Labute approximate surface area is 185 Å². The Hall–Kier alpha value is -3.17. The Morgan fingerprint density at radius 1 is 1.40 bits per heavy atom. The minimum Gasteiger partial charge on any atom is -0.502 e. The zero-order chi connectivity index (χ0) is 26.5. The van der Waals surface area contributed by atoms with Gasteiger partial charge < -0.3 is 14.6 Å². The third kappa shape index (κ3) is 3.94. The number of ether oxygens (including phenoxy) is 1. The summed E-state index contributed by atoms with van der Waals surface area (Å²) in [7, 11) is 0. The van der Waals surface area contributed by atoms with Gasteiger partial charge in [-0.05, 0) is 68.8 Å². The molecule has 6 heteroatoms. The van der Waals surface area contributed by atoms with Crippen molar-refractivity contribution >= 4 is 5.69 Å². The molecule has 0 fully saturated rings. The smallest absolute Gasteiger partial charge is 0.256 e. The highest BCUT2D eigenvalue weighted by Crippen LogP contribution is 2.38. The van der Waals surface area contributed by atoms with Crippen LogP contribution in [-0.4, -0.2) is 22.7 Å². The van der Waals surface area contributed by atoms with Crippen molar-refractivity contribution in [3.05, 3.63) is 58.9 Å². The number of nitrogens with one attached hydrogen (secondary N) is 1. The highest BCUT2D eigenvalue weighted by Gasteiger charge is 2.26. The van der Waals surface area contributed by atoms with E-state index in [0.29, 0.717) is 16.9 Å². The summed E-state index contributed by atoms with van der Waals surface area (Å²) in [5.74, 6) is 0.611. The van der Waals surface area contributed by atoms with E-state index in [4.69, 9.17) is 24.1 Å². The number of benzene rings is 2. The van der Waals surface area contributed by atoms with Crippen molar-refractivity contribution in [2.75, 3.05) is 6.50 Å². The van der Waals surface area contributed by atoms with Gasteiger partial charge in [0.15, 0.2) is 0 Å². The number of aromatic nitrogens is 2. The highest BCUT2D eigenvalue weighted by molar-refractivity contribution is 5.70. The van der Waals surface area contributed by atoms with Crippen LogP contribution >= 0.6 is 0 Å². The molecule has 0 unspecified atom stereocenters. The van der Waals surface area contributed by atoms with E-state index in [1.165, 1.54) is 0 Å². The first-order chi connectivity index (χ1) is 16.8. The average molecular weight is 409 g/mol. The quantitative estimate of drug-likeness (QED) is 0.506. The van der Waals surface area contributed by atoms with Crippen LogP contribution in [0.1, 0.15) is 59.0 Å². The number of hydrogen-bond acceptors (Lipinski definition) is 5. The van der Waals surface area contributed by atoms with Crippen LogP contribution in [0.5, 0.6) is 5.75 Å². The van der Waals surface area contributed by atoms with E-state index < -0.39 is 25.3 Å². The average Bonchev–Trinajstić information content (AvgIpc) is 3.36. The molecule has 0 saturated heterocycles. The molecule has 2 aromatic carbocycles. The van der Waals surface area contributed by atoms with E-state index in [0.717, 1.165) is 0 Å². The van der Waals surface area contributed by atoms with Gasteiger partial charge in [0.05, 0.1) is 12.7 Å².